The Morgan fingerprint density at radius 3 is 2.57 bits per heavy atom. The van der Waals surface area contributed by atoms with Gasteiger partial charge in [-0.25, -0.2) is 0 Å². The number of ether oxygens (including phenoxy) is 1. The van der Waals surface area contributed by atoms with Gasteiger partial charge in [0.15, 0.2) is 5.90 Å². The zero-order chi connectivity index (χ0) is 9.52. The van der Waals surface area contributed by atoms with Crippen LogP contribution in [0.15, 0.2) is 30.3 Å². The number of aryl methyl sites for hydroxylation is 1. The zero-order valence-corrected chi connectivity index (χ0v) is 9.05. The molecule has 0 saturated heterocycles. The summed E-state index contributed by atoms with van der Waals surface area (Å²) in [7, 11) is 1.55. The van der Waals surface area contributed by atoms with Crippen LogP contribution in [0.2, 0.25) is 0 Å². The first-order valence-corrected chi connectivity index (χ1v) is 4.48. The molecule has 0 atom stereocenters. The molecule has 0 radical (unpaired) electrons. The smallest absolute Gasteiger partial charge is 1.00 e. The molecule has 0 unspecified atom stereocenters. The Morgan fingerprint density at radius 1 is 1.36 bits per heavy atom. The molecule has 0 fully saturated rings. The van der Waals surface area contributed by atoms with E-state index in [1.807, 2.05) is 18.2 Å². The van der Waals surface area contributed by atoms with Crippen molar-refractivity contribution in [1.29, 1.82) is 5.41 Å². The molecule has 0 aliphatic carbocycles. The Morgan fingerprint density at radius 2 is 2.00 bits per heavy atom. The fourth-order valence-corrected chi connectivity index (χ4v) is 1.20. The monoisotopic (exact) mass is 213 g/mol. The molecule has 1 aromatic rings. The predicted octanol–water partition coefficient (Wildman–Crippen LogP) is -0.251. The molecule has 0 aromatic heterocycles. The van der Waals surface area contributed by atoms with E-state index in [-0.39, 0.29) is 13.8 Å². The van der Waals surface area contributed by atoms with Crippen LogP contribution in [0.1, 0.15) is 19.8 Å². The third kappa shape index (κ3) is 4.87. The molecule has 0 aliphatic heterocycles. The number of nitrogens with one attached hydrogen (secondary N) is 1. The van der Waals surface area contributed by atoms with E-state index in [2.05, 4.69) is 12.1 Å². The van der Waals surface area contributed by atoms with Gasteiger partial charge in [-0.15, -0.1) is 0 Å². The van der Waals surface area contributed by atoms with Gasteiger partial charge in [-0.1, -0.05) is 30.3 Å². The lowest BCUT2D eigenvalue weighted by atomic mass is 10.1. The van der Waals surface area contributed by atoms with Crippen molar-refractivity contribution in [2.24, 2.45) is 0 Å². The summed E-state index contributed by atoms with van der Waals surface area (Å²) in [5, 5.41) is 7.28. The fraction of sp³-hybridized carbons (Fsp3) is 0.364. The highest BCUT2D eigenvalue weighted by molar-refractivity contribution is 5.72. The summed E-state index contributed by atoms with van der Waals surface area (Å²) < 4.78 is 4.77. The quantitative estimate of drug-likeness (QED) is 0.543. The minimum atomic E-state index is 0. The van der Waals surface area contributed by atoms with Crippen LogP contribution >= 0.6 is 0 Å². The first-order chi connectivity index (χ1) is 6.33. The topological polar surface area (TPSA) is 33.1 Å². The SMILES string of the molecule is COC(=N)CCCc1ccccc1.[Cl-].[H+]. The third-order valence-electron chi connectivity index (χ3n) is 1.96. The predicted molar refractivity (Wildman–Crippen MR) is 55.2 cm³/mol. The summed E-state index contributed by atoms with van der Waals surface area (Å²) in [4.78, 5) is 0. The van der Waals surface area contributed by atoms with Crippen molar-refractivity contribution in [1.82, 2.24) is 0 Å². The lowest BCUT2D eigenvalue weighted by Crippen LogP contribution is -3.00. The molecule has 0 spiro atoms. The van der Waals surface area contributed by atoms with Gasteiger partial charge >= 0.3 is 1.43 Å². The average Bonchev–Trinajstić information content (AvgIpc) is 2.19. The van der Waals surface area contributed by atoms with E-state index in [4.69, 9.17) is 10.1 Å². The fourth-order valence-electron chi connectivity index (χ4n) is 1.20. The summed E-state index contributed by atoms with van der Waals surface area (Å²) in [6.45, 7) is 0. The molecule has 0 aliphatic rings. The summed E-state index contributed by atoms with van der Waals surface area (Å²) in [6, 6.07) is 10.3. The van der Waals surface area contributed by atoms with Crippen LogP contribution in [0, 0.1) is 5.41 Å². The second kappa shape index (κ2) is 7.39. The van der Waals surface area contributed by atoms with Crippen LogP contribution in [0.25, 0.3) is 0 Å². The summed E-state index contributed by atoms with van der Waals surface area (Å²) >= 11 is 0. The highest BCUT2D eigenvalue weighted by Gasteiger charge is 1.96. The highest BCUT2D eigenvalue weighted by atomic mass is 35.5. The van der Waals surface area contributed by atoms with E-state index in [1.54, 1.807) is 7.11 Å². The second-order valence-electron chi connectivity index (χ2n) is 2.97. The van der Waals surface area contributed by atoms with Gasteiger partial charge in [-0.05, 0) is 18.4 Å². The van der Waals surface area contributed by atoms with Crippen molar-refractivity contribution in [2.45, 2.75) is 19.3 Å². The van der Waals surface area contributed by atoms with Crippen molar-refractivity contribution in [3.05, 3.63) is 35.9 Å². The maximum absolute atomic E-state index is 7.28. The number of hydrogen-bond acceptors (Lipinski definition) is 2. The van der Waals surface area contributed by atoms with Crippen LogP contribution in [0.4, 0.5) is 0 Å². The zero-order valence-electron chi connectivity index (χ0n) is 9.29. The average molecular weight is 214 g/mol. The van der Waals surface area contributed by atoms with Crippen LogP contribution in [0.5, 0.6) is 0 Å². The molecular formula is C11H16ClNO. The largest absolute Gasteiger partial charge is 1.00 e. The van der Waals surface area contributed by atoms with Gasteiger partial charge in [-0.3, -0.25) is 5.41 Å². The molecule has 0 saturated carbocycles. The Hall–Kier alpha value is -1.02. The van der Waals surface area contributed by atoms with Gasteiger partial charge in [-0.2, -0.15) is 0 Å². The second-order valence-corrected chi connectivity index (χ2v) is 2.97. The Kier molecular flexibility index (Phi) is 6.85. The highest BCUT2D eigenvalue weighted by Crippen LogP contribution is 2.04. The molecule has 0 amide bonds. The molecule has 1 rings (SSSR count). The first-order valence-electron chi connectivity index (χ1n) is 4.48. The Balaban J connectivity index is 0. The van der Waals surface area contributed by atoms with E-state index in [0.29, 0.717) is 5.90 Å². The normalized spacial score (nSPS) is 8.93. The van der Waals surface area contributed by atoms with Gasteiger partial charge in [0.05, 0.1) is 7.11 Å². The number of hydrogen-bond donors (Lipinski definition) is 1. The standard InChI is InChI=1S/C11H15NO.ClH/c1-13-11(12)9-5-8-10-6-3-2-4-7-10;/h2-4,6-7,12H,5,8-9H2,1H3;1H. The van der Waals surface area contributed by atoms with Gasteiger partial charge in [0.25, 0.3) is 0 Å². The first kappa shape index (κ1) is 13.0. The van der Waals surface area contributed by atoms with Crippen LogP contribution in [-0.2, 0) is 11.2 Å². The molecule has 3 heteroatoms. The van der Waals surface area contributed by atoms with Gasteiger partial charge in [0.1, 0.15) is 0 Å². The van der Waals surface area contributed by atoms with E-state index < -0.39 is 0 Å². The Labute approximate surface area is 92.7 Å². The van der Waals surface area contributed by atoms with E-state index >= 15 is 0 Å². The van der Waals surface area contributed by atoms with Crippen LogP contribution in [0.3, 0.4) is 0 Å². The summed E-state index contributed by atoms with van der Waals surface area (Å²) in [5.74, 6) is 0.371. The lowest BCUT2D eigenvalue weighted by molar-refractivity contribution is -0.00000355. The number of methoxy groups -OCH3 is 1. The number of halogens is 1. The molecule has 78 valence electrons. The van der Waals surface area contributed by atoms with E-state index in [0.717, 1.165) is 19.3 Å². The summed E-state index contributed by atoms with van der Waals surface area (Å²) in [5.41, 5.74) is 1.33. The van der Waals surface area contributed by atoms with E-state index in [1.165, 1.54) is 5.56 Å². The molecule has 1 N–H and O–H groups in total. The van der Waals surface area contributed by atoms with Crippen molar-refractivity contribution in [2.75, 3.05) is 7.11 Å². The molecule has 0 bridgehead atoms. The number of rotatable bonds is 4. The van der Waals surface area contributed by atoms with Gasteiger partial charge in [0, 0.05) is 6.42 Å². The molecule has 0 heterocycles. The molecule has 2 nitrogen and oxygen atoms in total. The minimum absolute atomic E-state index is 0. The van der Waals surface area contributed by atoms with Crippen LogP contribution < -0.4 is 12.4 Å². The van der Waals surface area contributed by atoms with Crippen molar-refractivity contribution < 1.29 is 18.6 Å². The maximum Gasteiger partial charge on any atom is 1.00 e. The van der Waals surface area contributed by atoms with Gasteiger partial charge < -0.3 is 17.1 Å². The summed E-state index contributed by atoms with van der Waals surface area (Å²) in [6.07, 6.45) is 2.73. The van der Waals surface area contributed by atoms with Gasteiger partial charge in [0.2, 0.25) is 0 Å². The number of benzene rings is 1. The Bertz CT molecular complexity index is 267. The lowest BCUT2D eigenvalue weighted by Gasteiger charge is -2.02. The minimum Gasteiger partial charge on any atom is -1.00 e. The van der Waals surface area contributed by atoms with Crippen molar-refractivity contribution >= 4 is 5.90 Å². The van der Waals surface area contributed by atoms with Crippen LogP contribution in [-0.4, -0.2) is 13.0 Å². The molecule has 1 aromatic carbocycles. The molecule has 14 heavy (non-hydrogen) atoms. The van der Waals surface area contributed by atoms with Crippen molar-refractivity contribution in [3.8, 4) is 0 Å². The van der Waals surface area contributed by atoms with Crippen molar-refractivity contribution in [3.63, 3.8) is 0 Å². The third-order valence-corrected chi connectivity index (χ3v) is 1.96. The van der Waals surface area contributed by atoms with E-state index in [9.17, 15) is 0 Å². The molecular weight excluding hydrogens is 198 g/mol. The maximum atomic E-state index is 7.28.